The molecule has 0 aromatic heterocycles. The molecule has 25 heavy (non-hydrogen) atoms. The molecule has 132 valence electrons. The van der Waals surface area contributed by atoms with Crippen LogP contribution in [0.1, 0.15) is 17.3 Å². The standard InChI is InChI=1S/C17H14F3NO4/c1-10(15(22)21-12-6-4-5-11(18)9-12)24-16(23)13-7-2-3-8-14(13)25-17(19)20/h2-10,17H,1H3,(H,21,22)/t10-/m1/s1. The highest BCUT2D eigenvalue weighted by molar-refractivity contribution is 5.98. The fraction of sp³-hybridized carbons (Fsp3) is 0.176. The molecule has 0 saturated carbocycles. The van der Waals surface area contributed by atoms with Crippen molar-refractivity contribution in [3.8, 4) is 5.75 Å². The van der Waals surface area contributed by atoms with E-state index in [0.29, 0.717) is 0 Å². The second-order valence-corrected chi connectivity index (χ2v) is 4.92. The van der Waals surface area contributed by atoms with Gasteiger partial charge in [0.2, 0.25) is 0 Å². The molecule has 0 heterocycles. The van der Waals surface area contributed by atoms with Gasteiger partial charge in [-0.2, -0.15) is 8.78 Å². The monoisotopic (exact) mass is 353 g/mol. The van der Waals surface area contributed by atoms with E-state index in [1.807, 2.05) is 0 Å². The van der Waals surface area contributed by atoms with Gasteiger partial charge in [0, 0.05) is 5.69 Å². The smallest absolute Gasteiger partial charge is 0.387 e. The second kappa shape index (κ2) is 8.18. The molecule has 2 rings (SSSR count). The number of hydrogen-bond donors (Lipinski definition) is 1. The summed E-state index contributed by atoms with van der Waals surface area (Å²) in [6.07, 6.45) is -1.24. The molecule has 8 heteroatoms. The van der Waals surface area contributed by atoms with Crippen LogP contribution in [-0.2, 0) is 9.53 Å². The molecule has 1 atom stereocenters. The number of para-hydroxylation sites is 1. The van der Waals surface area contributed by atoms with Crippen molar-refractivity contribution in [1.82, 2.24) is 0 Å². The summed E-state index contributed by atoms with van der Waals surface area (Å²) in [5, 5.41) is 2.38. The van der Waals surface area contributed by atoms with Gasteiger partial charge in [-0.3, -0.25) is 4.79 Å². The lowest BCUT2D eigenvalue weighted by Gasteiger charge is -2.15. The number of halogens is 3. The van der Waals surface area contributed by atoms with Crippen molar-refractivity contribution in [2.45, 2.75) is 19.6 Å². The van der Waals surface area contributed by atoms with Gasteiger partial charge in [-0.05, 0) is 37.3 Å². The maximum absolute atomic E-state index is 13.1. The Morgan fingerprint density at radius 1 is 1.08 bits per heavy atom. The molecule has 0 saturated heterocycles. The first-order chi connectivity index (χ1) is 11.9. The van der Waals surface area contributed by atoms with E-state index in [-0.39, 0.29) is 17.0 Å². The third-order valence-corrected chi connectivity index (χ3v) is 3.07. The maximum atomic E-state index is 13.1. The largest absolute Gasteiger partial charge is 0.449 e. The zero-order valence-electron chi connectivity index (χ0n) is 13.0. The molecular weight excluding hydrogens is 339 g/mol. The van der Waals surface area contributed by atoms with Crippen molar-refractivity contribution in [3.63, 3.8) is 0 Å². The van der Waals surface area contributed by atoms with Crippen molar-refractivity contribution < 1.29 is 32.2 Å². The quantitative estimate of drug-likeness (QED) is 0.806. The molecule has 0 aliphatic rings. The number of ether oxygens (including phenoxy) is 2. The van der Waals surface area contributed by atoms with Gasteiger partial charge < -0.3 is 14.8 Å². The van der Waals surface area contributed by atoms with Gasteiger partial charge in [0.25, 0.3) is 5.91 Å². The van der Waals surface area contributed by atoms with E-state index in [4.69, 9.17) is 4.74 Å². The van der Waals surface area contributed by atoms with Crippen LogP contribution in [0.25, 0.3) is 0 Å². The summed E-state index contributed by atoms with van der Waals surface area (Å²) in [4.78, 5) is 24.1. The number of rotatable bonds is 6. The Hall–Kier alpha value is -3.03. The van der Waals surface area contributed by atoms with Crippen LogP contribution in [0.2, 0.25) is 0 Å². The van der Waals surface area contributed by atoms with E-state index in [1.54, 1.807) is 0 Å². The number of nitrogens with one attached hydrogen (secondary N) is 1. The highest BCUT2D eigenvalue weighted by atomic mass is 19.3. The summed E-state index contributed by atoms with van der Waals surface area (Å²) in [7, 11) is 0. The van der Waals surface area contributed by atoms with E-state index in [9.17, 15) is 22.8 Å². The molecule has 2 aromatic carbocycles. The summed E-state index contributed by atoms with van der Waals surface area (Å²) >= 11 is 0. The van der Waals surface area contributed by atoms with E-state index in [2.05, 4.69) is 10.1 Å². The van der Waals surface area contributed by atoms with Gasteiger partial charge in [0.15, 0.2) is 6.10 Å². The van der Waals surface area contributed by atoms with Crippen LogP contribution in [-0.4, -0.2) is 24.6 Å². The topological polar surface area (TPSA) is 64.6 Å². The van der Waals surface area contributed by atoms with Crippen molar-refractivity contribution in [2.24, 2.45) is 0 Å². The zero-order valence-corrected chi connectivity index (χ0v) is 13.0. The first-order valence-electron chi connectivity index (χ1n) is 7.18. The Labute approximate surface area is 141 Å². The highest BCUT2D eigenvalue weighted by Gasteiger charge is 2.22. The number of carbonyl (C=O) groups is 2. The van der Waals surface area contributed by atoms with Gasteiger partial charge in [-0.1, -0.05) is 18.2 Å². The van der Waals surface area contributed by atoms with Crippen molar-refractivity contribution >= 4 is 17.6 Å². The zero-order chi connectivity index (χ0) is 18.4. The molecule has 5 nitrogen and oxygen atoms in total. The lowest BCUT2D eigenvalue weighted by molar-refractivity contribution is -0.123. The van der Waals surface area contributed by atoms with Crippen LogP contribution in [0, 0.1) is 5.82 Å². The predicted molar refractivity (Wildman–Crippen MR) is 83.0 cm³/mol. The number of benzene rings is 2. The summed E-state index contributed by atoms with van der Waals surface area (Å²) in [5.41, 5.74) is -0.0532. The molecule has 2 aromatic rings. The third kappa shape index (κ3) is 5.23. The van der Waals surface area contributed by atoms with E-state index >= 15 is 0 Å². The van der Waals surface area contributed by atoms with Crippen LogP contribution in [0.15, 0.2) is 48.5 Å². The molecule has 0 aliphatic carbocycles. The summed E-state index contributed by atoms with van der Waals surface area (Å²) < 4.78 is 47.0. The molecule has 0 aliphatic heterocycles. The van der Waals surface area contributed by atoms with Crippen LogP contribution >= 0.6 is 0 Å². The molecule has 1 N–H and O–H groups in total. The van der Waals surface area contributed by atoms with Gasteiger partial charge >= 0.3 is 12.6 Å². The van der Waals surface area contributed by atoms with Crippen LogP contribution < -0.4 is 10.1 Å². The van der Waals surface area contributed by atoms with Gasteiger partial charge in [-0.25, -0.2) is 9.18 Å². The Balaban J connectivity index is 2.03. The fourth-order valence-corrected chi connectivity index (χ4v) is 1.92. The summed E-state index contributed by atoms with van der Waals surface area (Å²) in [6.45, 7) is -1.81. The number of carbonyl (C=O) groups excluding carboxylic acids is 2. The van der Waals surface area contributed by atoms with Crippen molar-refractivity contribution in [1.29, 1.82) is 0 Å². The van der Waals surface area contributed by atoms with Crippen molar-refractivity contribution in [3.05, 3.63) is 59.9 Å². The first-order valence-corrected chi connectivity index (χ1v) is 7.18. The minimum atomic E-state index is -3.11. The van der Waals surface area contributed by atoms with Crippen molar-refractivity contribution in [2.75, 3.05) is 5.32 Å². The SMILES string of the molecule is C[C@@H](OC(=O)c1ccccc1OC(F)F)C(=O)Nc1cccc(F)c1. The first kappa shape index (κ1) is 18.3. The number of alkyl halides is 2. The molecule has 0 radical (unpaired) electrons. The molecule has 0 bridgehead atoms. The van der Waals surface area contributed by atoms with Crippen LogP contribution in [0.3, 0.4) is 0 Å². The van der Waals surface area contributed by atoms with Gasteiger partial charge in [-0.15, -0.1) is 0 Å². The Morgan fingerprint density at radius 2 is 1.80 bits per heavy atom. The lowest BCUT2D eigenvalue weighted by atomic mass is 10.2. The van der Waals surface area contributed by atoms with Gasteiger partial charge in [0.1, 0.15) is 17.1 Å². The van der Waals surface area contributed by atoms with Gasteiger partial charge in [0.05, 0.1) is 0 Å². The number of amides is 1. The fourth-order valence-electron chi connectivity index (χ4n) is 1.92. The minimum Gasteiger partial charge on any atom is -0.449 e. The summed E-state index contributed by atoms with van der Waals surface area (Å²) in [5.74, 6) is -2.61. The minimum absolute atomic E-state index is 0.189. The average molecular weight is 353 g/mol. The third-order valence-electron chi connectivity index (χ3n) is 3.07. The lowest BCUT2D eigenvalue weighted by Crippen LogP contribution is -2.30. The second-order valence-electron chi connectivity index (χ2n) is 4.92. The molecule has 0 fully saturated rings. The average Bonchev–Trinajstić information content (AvgIpc) is 2.54. The Bertz CT molecular complexity index is 767. The molecule has 0 spiro atoms. The molecular formula is C17H14F3NO4. The Kier molecular flexibility index (Phi) is 5.99. The van der Waals surface area contributed by atoms with E-state index in [1.165, 1.54) is 49.4 Å². The number of anilines is 1. The highest BCUT2D eigenvalue weighted by Crippen LogP contribution is 2.21. The molecule has 0 unspecified atom stereocenters. The number of esters is 1. The Morgan fingerprint density at radius 3 is 2.48 bits per heavy atom. The maximum Gasteiger partial charge on any atom is 0.387 e. The predicted octanol–water partition coefficient (Wildman–Crippen LogP) is 3.61. The summed E-state index contributed by atoms with van der Waals surface area (Å²) in [6, 6.07) is 10.4. The van der Waals surface area contributed by atoms with E-state index in [0.717, 1.165) is 6.07 Å². The van der Waals surface area contributed by atoms with Crippen LogP contribution in [0.4, 0.5) is 18.9 Å². The van der Waals surface area contributed by atoms with Crippen LogP contribution in [0.5, 0.6) is 5.75 Å². The molecule has 1 amide bonds. The van der Waals surface area contributed by atoms with E-state index < -0.39 is 30.4 Å². The normalized spacial score (nSPS) is 11.7. The number of hydrogen-bond acceptors (Lipinski definition) is 4.